The molecule has 1 fully saturated rings. The first kappa shape index (κ1) is 39.9. The molecule has 6 amide bonds. The van der Waals surface area contributed by atoms with Crippen molar-refractivity contribution in [2.45, 2.75) is 90.4 Å². The van der Waals surface area contributed by atoms with Gasteiger partial charge in [-0.1, -0.05) is 58.0 Å². The number of rotatable bonds is 16. The minimum atomic E-state index is -1.90. The number of aryl methyl sites for hydroxylation is 1. The minimum Gasteiger partial charge on any atom is -0.481 e. The van der Waals surface area contributed by atoms with Gasteiger partial charge in [0.1, 0.15) is 23.9 Å². The van der Waals surface area contributed by atoms with Gasteiger partial charge in [-0.3, -0.25) is 29.3 Å². The zero-order valence-corrected chi connectivity index (χ0v) is 29.4. The van der Waals surface area contributed by atoms with E-state index in [0.717, 1.165) is 10.5 Å². The average Bonchev–Trinajstić information content (AvgIpc) is 3.48. The van der Waals surface area contributed by atoms with Crippen LogP contribution in [0.1, 0.15) is 70.2 Å². The summed E-state index contributed by atoms with van der Waals surface area (Å²) < 4.78 is 0. The number of benzene rings is 1. The van der Waals surface area contributed by atoms with Crippen LogP contribution in [-0.4, -0.2) is 86.4 Å². The standard InChI is InChI=1S/C35H47N7O9/c1-19(2)14-24(38-27(43)16-22-10-7-6-8-11-22)30(46)39-25(18-28(44)45)31(47)41-29(20(3)4)32(48)42-13-9-12-35(42,33(49)50)23-15-21(5)37-26(17-23)40-34(36)51/h6-8,10-11,15,17,19-20,24-25,29H,9,12-14,16,18H2,1-5H3,(H,38,43)(H,39,46)(H,41,47)(H,44,45)(H,49,50)(H3,36,37,40,51)/t24-,25-,29-,35-/m0/s1. The van der Waals surface area contributed by atoms with E-state index in [0.29, 0.717) is 12.1 Å². The number of nitrogens with two attached hydrogens (primary N) is 1. The molecular formula is C35H47N7O9. The number of nitrogens with one attached hydrogen (secondary N) is 4. The van der Waals surface area contributed by atoms with Gasteiger partial charge in [0.15, 0.2) is 5.54 Å². The number of carbonyl (C=O) groups excluding carboxylic acids is 5. The van der Waals surface area contributed by atoms with Gasteiger partial charge in [-0.25, -0.2) is 14.6 Å². The Kier molecular flexibility index (Phi) is 13.6. The second-order valence-corrected chi connectivity index (χ2v) is 13.4. The zero-order valence-electron chi connectivity index (χ0n) is 29.4. The molecule has 276 valence electrons. The highest BCUT2D eigenvalue weighted by atomic mass is 16.4. The smallest absolute Gasteiger partial charge is 0.334 e. The first-order chi connectivity index (χ1) is 23.9. The molecule has 16 heteroatoms. The molecule has 16 nitrogen and oxygen atoms in total. The summed E-state index contributed by atoms with van der Waals surface area (Å²) in [5.74, 6) is -6.38. The van der Waals surface area contributed by atoms with Crippen molar-refractivity contribution in [1.82, 2.24) is 25.8 Å². The highest BCUT2D eigenvalue weighted by Gasteiger charge is 2.53. The number of carbonyl (C=O) groups is 7. The Morgan fingerprint density at radius 2 is 1.57 bits per heavy atom. The topological polar surface area (TPSA) is 250 Å². The number of urea groups is 1. The van der Waals surface area contributed by atoms with Crippen molar-refractivity contribution in [2.75, 3.05) is 11.9 Å². The second-order valence-electron chi connectivity index (χ2n) is 13.4. The lowest BCUT2D eigenvalue weighted by molar-refractivity contribution is -0.159. The Bertz CT molecular complexity index is 1630. The molecule has 51 heavy (non-hydrogen) atoms. The number of hydrogen-bond donors (Lipinski definition) is 7. The summed E-state index contributed by atoms with van der Waals surface area (Å²) in [6.07, 6.45) is -0.342. The van der Waals surface area contributed by atoms with E-state index in [1.165, 1.54) is 12.1 Å². The molecule has 1 aromatic carbocycles. The van der Waals surface area contributed by atoms with Crippen molar-refractivity contribution in [1.29, 1.82) is 0 Å². The molecule has 4 atom stereocenters. The van der Waals surface area contributed by atoms with Crippen LogP contribution in [0.25, 0.3) is 0 Å². The normalized spacial score (nSPS) is 17.3. The summed E-state index contributed by atoms with van der Waals surface area (Å²) in [4.78, 5) is 95.9. The molecule has 0 unspecified atom stereocenters. The van der Waals surface area contributed by atoms with Crippen LogP contribution in [0.3, 0.4) is 0 Å². The van der Waals surface area contributed by atoms with E-state index in [1.807, 2.05) is 13.8 Å². The van der Waals surface area contributed by atoms with E-state index in [4.69, 9.17) is 5.73 Å². The molecule has 2 aromatic rings. The van der Waals surface area contributed by atoms with Crippen molar-refractivity contribution in [2.24, 2.45) is 17.6 Å². The van der Waals surface area contributed by atoms with Gasteiger partial charge in [0, 0.05) is 12.2 Å². The van der Waals surface area contributed by atoms with Crippen molar-refractivity contribution in [3.05, 3.63) is 59.3 Å². The Hall–Kier alpha value is -5.54. The molecule has 1 aliphatic rings. The molecule has 3 rings (SSSR count). The lowest BCUT2D eigenvalue weighted by Gasteiger charge is -2.38. The van der Waals surface area contributed by atoms with Crippen LogP contribution < -0.4 is 27.0 Å². The predicted octanol–water partition coefficient (Wildman–Crippen LogP) is 1.66. The highest BCUT2D eigenvalue weighted by Crippen LogP contribution is 2.41. The maximum Gasteiger partial charge on any atom is 0.334 e. The average molecular weight is 710 g/mol. The summed E-state index contributed by atoms with van der Waals surface area (Å²) in [7, 11) is 0. The van der Waals surface area contributed by atoms with Gasteiger partial charge in [0.25, 0.3) is 0 Å². The van der Waals surface area contributed by atoms with Crippen molar-refractivity contribution < 1.29 is 43.8 Å². The summed E-state index contributed by atoms with van der Waals surface area (Å²) in [6, 6.07) is 6.70. The number of carboxylic acid groups (broad SMARTS) is 2. The van der Waals surface area contributed by atoms with E-state index < -0.39 is 77.6 Å². The second kappa shape index (κ2) is 17.4. The molecule has 0 bridgehead atoms. The monoisotopic (exact) mass is 709 g/mol. The number of nitrogens with zero attached hydrogens (tertiary/aromatic N) is 2. The van der Waals surface area contributed by atoms with E-state index in [-0.39, 0.29) is 43.1 Å². The lowest BCUT2D eigenvalue weighted by Crippen LogP contribution is -2.61. The van der Waals surface area contributed by atoms with E-state index in [9.17, 15) is 43.8 Å². The number of aromatic nitrogens is 1. The fourth-order valence-corrected chi connectivity index (χ4v) is 6.18. The third-order valence-electron chi connectivity index (χ3n) is 8.49. The predicted molar refractivity (Wildman–Crippen MR) is 185 cm³/mol. The Morgan fingerprint density at radius 3 is 2.14 bits per heavy atom. The first-order valence-corrected chi connectivity index (χ1v) is 16.7. The minimum absolute atomic E-state index is 0.00367. The Labute approximate surface area is 295 Å². The fraction of sp³-hybridized carbons (Fsp3) is 0.486. The Morgan fingerprint density at radius 1 is 0.922 bits per heavy atom. The van der Waals surface area contributed by atoms with Crippen LogP contribution in [0.15, 0.2) is 42.5 Å². The molecule has 0 saturated carbocycles. The van der Waals surface area contributed by atoms with Gasteiger partial charge < -0.3 is 36.8 Å². The van der Waals surface area contributed by atoms with E-state index in [1.54, 1.807) is 51.1 Å². The van der Waals surface area contributed by atoms with Gasteiger partial charge in [0.05, 0.1) is 12.8 Å². The van der Waals surface area contributed by atoms with E-state index in [2.05, 4.69) is 26.3 Å². The third-order valence-corrected chi connectivity index (χ3v) is 8.49. The summed E-state index contributed by atoms with van der Waals surface area (Å²) in [5.41, 5.74) is 4.58. The molecule has 1 aliphatic heterocycles. The number of aliphatic carboxylic acids is 2. The number of pyridine rings is 1. The molecule has 2 heterocycles. The first-order valence-electron chi connectivity index (χ1n) is 16.7. The lowest BCUT2D eigenvalue weighted by atomic mass is 9.86. The molecule has 1 saturated heterocycles. The molecule has 0 radical (unpaired) electrons. The van der Waals surface area contributed by atoms with Gasteiger partial charge in [-0.15, -0.1) is 0 Å². The van der Waals surface area contributed by atoms with Gasteiger partial charge in [-0.2, -0.15) is 0 Å². The maximum atomic E-state index is 14.2. The van der Waals surface area contributed by atoms with Crippen molar-refractivity contribution >= 4 is 47.4 Å². The van der Waals surface area contributed by atoms with Gasteiger partial charge in [0.2, 0.25) is 23.6 Å². The number of likely N-dealkylation sites (tertiary alicyclic amines) is 1. The zero-order chi connectivity index (χ0) is 38.0. The molecule has 0 aliphatic carbocycles. The van der Waals surface area contributed by atoms with Gasteiger partial charge in [-0.05, 0) is 61.3 Å². The molecular weight excluding hydrogens is 662 g/mol. The van der Waals surface area contributed by atoms with Gasteiger partial charge >= 0.3 is 18.0 Å². The summed E-state index contributed by atoms with van der Waals surface area (Å²) in [6.45, 7) is 8.51. The van der Waals surface area contributed by atoms with Crippen molar-refractivity contribution in [3.8, 4) is 0 Å². The van der Waals surface area contributed by atoms with Crippen LogP contribution in [0.5, 0.6) is 0 Å². The van der Waals surface area contributed by atoms with Crippen LogP contribution in [-0.2, 0) is 40.7 Å². The highest BCUT2D eigenvalue weighted by molar-refractivity contribution is 5.97. The quantitative estimate of drug-likeness (QED) is 0.133. The molecule has 0 spiro atoms. The number of anilines is 1. The maximum absolute atomic E-state index is 14.2. The van der Waals surface area contributed by atoms with E-state index >= 15 is 0 Å². The molecule has 8 N–H and O–H groups in total. The van der Waals surface area contributed by atoms with Crippen LogP contribution in [0.4, 0.5) is 10.6 Å². The summed E-state index contributed by atoms with van der Waals surface area (Å²) in [5, 5.41) is 30.2. The third kappa shape index (κ3) is 10.5. The number of amides is 6. The SMILES string of the molecule is Cc1cc([C@]2(C(=O)O)CCCN2C(=O)[C@@H](NC(=O)[C@H](CC(=O)O)NC(=O)[C@H](CC(C)C)NC(=O)Cc2ccccc2)C(C)C)cc(NC(N)=O)n1. The summed E-state index contributed by atoms with van der Waals surface area (Å²) >= 11 is 0. The number of carboxylic acids is 2. The fourth-order valence-electron chi connectivity index (χ4n) is 6.18. The van der Waals surface area contributed by atoms with Crippen molar-refractivity contribution in [3.63, 3.8) is 0 Å². The Balaban J connectivity index is 1.88. The number of hydrogen-bond acceptors (Lipinski definition) is 8. The largest absolute Gasteiger partial charge is 0.481 e. The van der Waals surface area contributed by atoms with Crippen LogP contribution in [0.2, 0.25) is 0 Å². The van der Waals surface area contributed by atoms with Crippen LogP contribution in [0, 0.1) is 18.8 Å². The number of primary amides is 1. The molecule has 1 aromatic heterocycles. The van der Waals surface area contributed by atoms with Crippen LogP contribution >= 0.6 is 0 Å².